The van der Waals surface area contributed by atoms with Crippen molar-refractivity contribution in [3.05, 3.63) is 60.0 Å². The van der Waals surface area contributed by atoms with Gasteiger partial charge in [0.1, 0.15) is 26.0 Å². The molecule has 9 heteroatoms. The maximum atomic E-state index is 13.5. The third-order valence-electron chi connectivity index (χ3n) is 6.23. The van der Waals surface area contributed by atoms with Crippen molar-refractivity contribution in [3.8, 4) is 17.0 Å². The second kappa shape index (κ2) is 10.8. The van der Waals surface area contributed by atoms with E-state index in [1.54, 1.807) is 30.1 Å². The topological polar surface area (TPSA) is 68.6 Å². The Bertz CT molecular complexity index is 1130. The summed E-state index contributed by atoms with van der Waals surface area (Å²) in [7, 11) is 5.64. The normalized spacial score (nSPS) is 14.8. The van der Waals surface area contributed by atoms with Crippen LogP contribution in [-0.2, 0) is 11.8 Å². The molecular formula is C25H30BFN4O3. The predicted molar refractivity (Wildman–Crippen MR) is 133 cm³/mol. The standard InChI is InChI=1S/C25H30BFN4O3/c1-30-24(22(26)16-28-30)21-15-19(29-25(32)17-4-3-5-18(27)14-17)6-7-23(21)34-13-12-31-10-8-20(33-2)9-11-31/h3-7,14-16,20H,8-13,26H2,1-2H3,(H,29,32). The zero-order valence-electron chi connectivity index (χ0n) is 19.9. The number of aryl methyl sites for hydroxylation is 1. The molecule has 0 radical (unpaired) electrons. The van der Waals surface area contributed by atoms with Gasteiger partial charge in [-0.3, -0.25) is 14.4 Å². The molecule has 4 rings (SSSR count). The van der Waals surface area contributed by atoms with Gasteiger partial charge >= 0.3 is 0 Å². The van der Waals surface area contributed by atoms with E-state index >= 15 is 0 Å². The van der Waals surface area contributed by atoms with Gasteiger partial charge in [0.25, 0.3) is 5.91 Å². The summed E-state index contributed by atoms with van der Waals surface area (Å²) in [5.74, 6) is -0.100. The summed E-state index contributed by atoms with van der Waals surface area (Å²) in [6, 6.07) is 11.2. The Morgan fingerprint density at radius 1 is 1.24 bits per heavy atom. The first-order valence-electron chi connectivity index (χ1n) is 11.5. The zero-order valence-corrected chi connectivity index (χ0v) is 19.9. The summed E-state index contributed by atoms with van der Waals surface area (Å²) in [5.41, 5.74) is 3.61. The van der Waals surface area contributed by atoms with Crippen molar-refractivity contribution in [2.75, 3.05) is 38.7 Å². The molecule has 0 unspecified atom stereocenters. The highest BCUT2D eigenvalue weighted by Gasteiger charge is 2.19. The molecule has 2 aromatic carbocycles. The smallest absolute Gasteiger partial charge is 0.255 e. The summed E-state index contributed by atoms with van der Waals surface area (Å²) >= 11 is 0. The number of nitrogens with one attached hydrogen (secondary N) is 1. The number of methoxy groups -OCH3 is 1. The number of benzene rings is 2. The number of halogens is 1. The molecule has 178 valence electrons. The number of hydrogen-bond acceptors (Lipinski definition) is 5. The van der Waals surface area contributed by atoms with E-state index in [9.17, 15) is 9.18 Å². The highest BCUT2D eigenvalue weighted by atomic mass is 19.1. The van der Waals surface area contributed by atoms with Crippen LogP contribution in [0.5, 0.6) is 5.75 Å². The van der Waals surface area contributed by atoms with Crippen molar-refractivity contribution in [2.45, 2.75) is 18.9 Å². The summed E-state index contributed by atoms with van der Waals surface area (Å²) in [6.07, 6.45) is 4.23. The minimum atomic E-state index is -0.450. The summed E-state index contributed by atoms with van der Waals surface area (Å²) in [6.45, 7) is 3.38. The molecule has 1 aliphatic rings. The van der Waals surface area contributed by atoms with Crippen LogP contribution < -0.4 is 15.5 Å². The van der Waals surface area contributed by atoms with Crippen molar-refractivity contribution in [3.63, 3.8) is 0 Å². The Balaban J connectivity index is 1.50. The van der Waals surface area contributed by atoms with Crippen LogP contribution in [0.4, 0.5) is 10.1 Å². The minimum absolute atomic E-state index is 0.260. The average molecular weight is 464 g/mol. The first kappa shape index (κ1) is 24.0. The summed E-state index contributed by atoms with van der Waals surface area (Å²) in [4.78, 5) is 15.0. The lowest BCUT2D eigenvalue weighted by Gasteiger charge is -2.31. The van der Waals surface area contributed by atoms with E-state index in [1.165, 1.54) is 18.2 Å². The number of piperidine rings is 1. The first-order chi connectivity index (χ1) is 16.4. The predicted octanol–water partition coefficient (Wildman–Crippen LogP) is 2.23. The Hall–Kier alpha value is -3.17. The van der Waals surface area contributed by atoms with Crippen LogP contribution in [0, 0.1) is 5.82 Å². The Kier molecular flexibility index (Phi) is 7.64. The van der Waals surface area contributed by atoms with Gasteiger partial charge in [0, 0.05) is 56.8 Å². The largest absolute Gasteiger partial charge is 0.492 e. The van der Waals surface area contributed by atoms with Crippen LogP contribution >= 0.6 is 0 Å². The fourth-order valence-corrected chi connectivity index (χ4v) is 4.34. The molecule has 0 aliphatic carbocycles. The van der Waals surface area contributed by atoms with Crippen molar-refractivity contribution in [1.29, 1.82) is 0 Å². The molecule has 2 heterocycles. The number of likely N-dealkylation sites (tertiary alicyclic amines) is 1. The molecule has 1 fully saturated rings. The van der Waals surface area contributed by atoms with Crippen LogP contribution in [0.15, 0.2) is 48.7 Å². The van der Waals surface area contributed by atoms with E-state index in [2.05, 4.69) is 15.3 Å². The number of amides is 1. The minimum Gasteiger partial charge on any atom is -0.492 e. The van der Waals surface area contributed by atoms with Crippen LogP contribution in [-0.4, -0.2) is 67.9 Å². The summed E-state index contributed by atoms with van der Waals surface area (Å²) in [5, 5.41) is 7.22. The highest BCUT2D eigenvalue weighted by Crippen LogP contribution is 2.32. The Labute approximate surface area is 200 Å². The number of aromatic nitrogens is 2. The highest BCUT2D eigenvalue weighted by molar-refractivity contribution is 6.35. The van der Waals surface area contributed by atoms with Crippen molar-refractivity contribution in [1.82, 2.24) is 14.7 Å². The van der Waals surface area contributed by atoms with Crippen molar-refractivity contribution >= 4 is 24.9 Å². The third-order valence-corrected chi connectivity index (χ3v) is 6.23. The quantitative estimate of drug-likeness (QED) is 0.518. The van der Waals surface area contributed by atoms with Crippen LogP contribution in [0.1, 0.15) is 23.2 Å². The molecule has 1 N–H and O–H groups in total. The van der Waals surface area contributed by atoms with Gasteiger partial charge in [-0.05, 0) is 54.7 Å². The van der Waals surface area contributed by atoms with Gasteiger partial charge in [-0.1, -0.05) is 6.07 Å². The van der Waals surface area contributed by atoms with Gasteiger partial charge in [-0.25, -0.2) is 4.39 Å². The average Bonchev–Trinajstić information content (AvgIpc) is 3.18. The van der Waals surface area contributed by atoms with Gasteiger partial charge in [0.2, 0.25) is 0 Å². The second-order valence-electron chi connectivity index (χ2n) is 8.60. The molecule has 0 bridgehead atoms. The van der Waals surface area contributed by atoms with Gasteiger partial charge in [-0.15, -0.1) is 0 Å². The number of carbonyl (C=O) groups excluding carboxylic acids is 1. The lowest BCUT2D eigenvalue weighted by Crippen LogP contribution is -2.38. The molecule has 34 heavy (non-hydrogen) atoms. The molecular weight excluding hydrogens is 434 g/mol. The SMILES string of the molecule is Bc1cnn(C)c1-c1cc(NC(=O)c2cccc(F)c2)ccc1OCCN1CCC(OC)CC1. The molecule has 7 nitrogen and oxygen atoms in total. The van der Waals surface area contributed by atoms with E-state index in [-0.39, 0.29) is 11.5 Å². The molecule has 0 atom stereocenters. The van der Waals surface area contributed by atoms with Gasteiger partial charge in [-0.2, -0.15) is 5.10 Å². The van der Waals surface area contributed by atoms with E-state index in [4.69, 9.17) is 9.47 Å². The molecule has 0 saturated carbocycles. The fraction of sp³-hybridized carbons (Fsp3) is 0.360. The number of rotatable bonds is 8. The monoisotopic (exact) mass is 464 g/mol. The Morgan fingerprint density at radius 2 is 2.03 bits per heavy atom. The zero-order chi connectivity index (χ0) is 24.1. The number of hydrogen-bond donors (Lipinski definition) is 1. The van der Waals surface area contributed by atoms with Gasteiger partial charge in [0.05, 0.1) is 11.8 Å². The number of carbonyl (C=O) groups is 1. The van der Waals surface area contributed by atoms with Crippen LogP contribution in [0.25, 0.3) is 11.3 Å². The molecule has 1 saturated heterocycles. The van der Waals surface area contributed by atoms with Gasteiger partial charge in [0.15, 0.2) is 0 Å². The maximum Gasteiger partial charge on any atom is 0.255 e. The second-order valence-corrected chi connectivity index (χ2v) is 8.60. The molecule has 1 aliphatic heterocycles. The van der Waals surface area contributed by atoms with Crippen LogP contribution in [0.3, 0.4) is 0 Å². The molecule has 1 aromatic heterocycles. The maximum absolute atomic E-state index is 13.5. The molecule has 3 aromatic rings. The molecule has 1 amide bonds. The van der Waals surface area contributed by atoms with Crippen molar-refractivity contribution < 1.29 is 18.7 Å². The molecule has 0 spiro atoms. The first-order valence-corrected chi connectivity index (χ1v) is 11.5. The lowest BCUT2D eigenvalue weighted by molar-refractivity contribution is 0.0375. The lowest BCUT2D eigenvalue weighted by atomic mass is 9.93. The van der Waals surface area contributed by atoms with Crippen LogP contribution in [0.2, 0.25) is 0 Å². The fourth-order valence-electron chi connectivity index (χ4n) is 4.34. The number of anilines is 1. The van der Waals surface area contributed by atoms with E-state index in [1.807, 2.05) is 27.0 Å². The van der Waals surface area contributed by atoms with E-state index in [0.29, 0.717) is 18.4 Å². The van der Waals surface area contributed by atoms with E-state index in [0.717, 1.165) is 54.9 Å². The van der Waals surface area contributed by atoms with Crippen molar-refractivity contribution in [2.24, 2.45) is 7.05 Å². The summed E-state index contributed by atoms with van der Waals surface area (Å²) < 4.78 is 27.0. The number of ether oxygens (including phenoxy) is 2. The van der Waals surface area contributed by atoms with Gasteiger partial charge < -0.3 is 14.8 Å². The number of nitrogens with zero attached hydrogens (tertiary/aromatic N) is 3. The van der Waals surface area contributed by atoms with E-state index < -0.39 is 5.82 Å². The Morgan fingerprint density at radius 3 is 2.71 bits per heavy atom. The third kappa shape index (κ3) is 5.66.